The van der Waals surface area contributed by atoms with Crippen molar-refractivity contribution in [2.75, 3.05) is 5.32 Å². The third-order valence-corrected chi connectivity index (χ3v) is 3.01. The molecule has 0 fully saturated rings. The Morgan fingerprint density at radius 2 is 2.00 bits per heavy atom. The molecule has 0 saturated heterocycles. The average Bonchev–Trinajstić information content (AvgIpc) is 2.37. The number of nitrogens with zero attached hydrogens (tertiary/aromatic N) is 1. The highest BCUT2D eigenvalue weighted by Crippen LogP contribution is 2.20. The van der Waals surface area contributed by atoms with Crippen LogP contribution in [-0.4, -0.2) is 22.0 Å². The fourth-order valence-corrected chi connectivity index (χ4v) is 2.09. The zero-order chi connectivity index (χ0) is 14.7. The van der Waals surface area contributed by atoms with Crippen molar-refractivity contribution < 1.29 is 14.7 Å². The Bertz CT molecular complexity index is 691. The van der Waals surface area contributed by atoms with Crippen LogP contribution in [-0.2, 0) is 0 Å². The van der Waals surface area contributed by atoms with Gasteiger partial charge in [-0.15, -0.1) is 0 Å². The predicted molar refractivity (Wildman–Crippen MR) is 78.3 cm³/mol. The molecule has 1 amide bonds. The van der Waals surface area contributed by atoms with Crippen LogP contribution in [0.3, 0.4) is 0 Å². The SMILES string of the molecule is O=C(O)c1cc(Cl)cc(NC(=O)c2cccc(Br)n2)c1. The molecular formula is C13H8BrClN2O3. The highest BCUT2D eigenvalue weighted by molar-refractivity contribution is 9.10. The minimum absolute atomic E-state index is 0.00463. The van der Waals surface area contributed by atoms with E-state index >= 15 is 0 Å². The van der Waals surface area contributed by atoms with Gasteiger partial charge in [0.25, 0.3) is 5.91 Å². The minimum Gasteiger partial charge on any atom is -0.478 e. The summed E-state index contributed by atoms with van der Waals surface area (Å²) in [5.41, 5.74) is 0.493. The molecule has 0 bridgehead atoms. The summed E-state index contributed by atoms with van der Waals surface area (Å²) in [4.78, 5) is 26.9. The van der Waals surface area contributed by atoms with E-state index in [0.717, 1.165) is 0 Å². The van der Waals surface area contributed by atoms with E-state index in [-0.39, 0.29) is 16.3 Å². The molecule has 5 nitrogen and oxygen atoms in total. The van der Waals surface area contributed by atoms with Crippen LogP contribution in [0.1, 0.15) is 20.8 Å². The Morgan fingerprint density at radius 3 is 2.65 bits per heavy atom. The van der Waals surface area contributed by atoms with Crippen molar-refractivity contribution in [3.63, 3.8) is 0 Å². The number of nitrogens with one attached hydrogen (secondary N) is 1. The molecule has 0 atom stereocenters. The number of hydrogen-bond donors (Lipinski definition) is 2. The number of benzene rings is 1. The third-order valence-electron chi connectivity index (χ3n) is 2.35. The van der Waals surface area contributed by atoms with Gasteiger partial charge in [-0.2, -0.15) is 0 Å². The summed E-state index contributed by atoms with van der Waals surface area (Å²) in [5.74, 6) is -1.58. The Kier molecular flexibility index (Phi) is 4.36. The number of pyridine rings is 1. The van der Waals surface area contributed by atoms with Crippen LogP contribution in [0.25, 0.3) is 0 Å². The minimum atomic E-state index is -1.12. The Balaban J connectivity index is 2.26. The first-order chi connectivity index (χ1) is 9.45. The summed E-state index contributed by atoms with van der Waals surface area (Å²) in [7, 11) is 0. The van der Waals surface area contributed by atoms with Gasteiger partial charge in [0.15, 0.2) is 0 Å². The summed E-state index contributed by atoms with van der Waals surface area (Å²) < 4.78 is 0.530. The first-order valence-corrected chi connectivity index (χ1v) is 6.60. The number of aromatic nitrogens is 1. The van der Waals surface area contributed by atoms with Crippen molar-refractivity contribution in [3.05, 3.63) is 57.3 Å². The fraction of sp³-hybridized carbons (Fsp3) is 0. The lowest BCUT2D eigenvalue weighted by atomic mass is 10.2. The summed E-state index contributed by atoms with van der Waals surface area (Å²) in [5, 5.41) is 11.7. The number of amides is 1. The number of carboxylic acids is 1. The largest absolute Gasteiger partial charge is 0.478 e. The first-order valence-electron chi connectivity index (χ1n) is 5.43. The molecule has 0 saturated carbocycles. The second-order valence-corrected chi connectivity index (χ2v) is 5.08. The second-order valence-electron chi connectivity index (χ2n) is 3.83. The monoisotopic (exact) mass is 354 g/mol. The van der Waals surface area contributed by atoms with Crippen molar-refractivity contribution in [3.8, 4) is 0 Å². The lowest BCUT2D eigenvalue weighted by Crippen LogP contribution is -2.14. The highest BCUT2D eigenvalue weighted by Gasteiger charge is 2.11. The van der Waals surface area contributed by atoms with E-state index in [1.165, 1.54) is 18.2 Å². The van der Waals surface area contributed by atoms with E-state index in [1.807, 2.05) is 0 Å². The van der Waals surface area contributed by atoms with Gasteiger partial charge in [0.2, 0.25) is 0 Å². The van der Waals surface area contributed by atoms with E-state index in [1.54, 1.807) is 18.2 Å². The first kappa shape index (κ1) is 14.5. The Labute approximate surface area is 127 Å². The van der Waals surface area contributed by atoms with Gasteiger partial charge in [-0.05, 0) is 46.3 Å². The van der Waals surface area contributed by atoms with Crippen LogP contribution in [0.15, 0.2) is 41.0 Å². The smallest absolute Gasteiger partial charge is 0.335 e. The maximum absolute atomic E-state index is 12.0. The standard InChI is InChI=1S/C13H8BrClN2O3/c14-11-3-1-2-10(17-11)12(18)16-9-5-7(13(19)20)4-8(15)6-9/h1-6H,(H,16,18)(H,19,20). The van der Waals surface area contributed by atoms with Gasteiger partial charge in [-0.1, -0.05) is 17.7 Å². The van der Waals surface area contributed by atoms with E-state index in [0.29, 0.717) is 10.3 Å². The maximum atomic E-state index is 12.0. The molecule has 7 heteroatoms. The van der Waals surface area contributed by atoms with Gasteiger partial charge in [0.05, 0.1) is 5.56 Å². The molecular weight excluding hydrogens is 348 g/mol. The third kappa shape index (κ3) is 3.55. The van der Waals surface area contributed by atoms with Gasteiger partial charge in [0.1, 0.15) is 10.3 Å². The van der Waals surface area contributed by atoms with E-state index in [2.05, 4.69) is 26.2 Å². The number of aromatic carboxylic acids is 1. The molecule has 2 rings (SSSR count). The average molecular weight is 356 g/mol. The molecule has 0 aliphatic heterocycles. The Hall–Kier alpha value is -1.92. The molecule has 0 radical (unpaired) electrons. The molecule has 1 aromatic carbocycles. The number of hydrogen-bond acceptors (Lipinski definition) is 3. The van der Waals surface area contributed by atoms with Crippen LogP contribution in [0.2, 0.25) is 5.02 Å². The van der Waals surface area contributed by atoms with Crippen molar-refractivity contribution in [1.82, 2.24) is 4.98 Å². The summed E-state index contributed by atoms with van der Waals surface area (Å²) >= 11 is 8.98. The van der Waals surface area contributed by atoms with Gasteiger partial charge in [-0.25, -0.2) is 9.78 Å². The molecule has 20 heavy (non-hydrogen) atoms. The van der Waals surface area contributed by atoms with Crippen LogP contribution in [0.4, 0.5) is 5.69 Å². The van der Waals surface area contributed by atoms with Gasteiger partial charge >= 0.3 is 5.97 Å². The van der Waals surface area contributed by atoms with E-state index in [9.17, 15) is 9.59 Å². The molecule has 0 spiro atoms. The molecule has 2 aromatic rings. The number of halogens is 2. The topological polar surface area (TPSA) is 79.3 Å². The van der Waals surface area contributed by atoms with Crippen molar-refractivity contribution in [2.45, 2.75) is 0 Å². The summed E-state index contributed by atoms with van der Waals surface area (Å²) in [6.45, 7) is 0. The van der Waals surface area contributed by atoms with E-state index < -0.39 is 11.9 Å². The Morgan fingerprint density at radius 1 is 1.25 bits per heavy atom. The fourth-order valence-electron chi connectivity index (χ4n) is 1.52. The molecule has 102 valence electrons. The number of carboxylic acid groups (broad SMARTS) is 1. The van der Waals surface area contributed by atoms with Gasteiger partial charge < -0.3 is 10.4 Å². The zero-order valence-electron chi connectivity index (χ0n) is 9.93. The quantitative estimate of drug-likeness (QED) is 0.827. The van der Waals surface area contributed by atoms with Crippen molar-refractivity contribution in [2.24, 2.45) is 0 Å². The molecule has 0 aliphatic rings. The van der Waals surface area contributed by atoms with Crippen molar-refractivity contribution in [1.29, 1.82) is 0 Å². The number of rotatable bonds is 3. The van der Waals surface area contributed by atoms with Crippen LogP contribution >= 0.6 is 27.5 Å². The molecule has 2 N–H and O–H groups in total. The van der Waals surface area contributed by atoms with Crippen molar-refractivity contribution >= 4 is 45.1 Å². The zero-order valence-corrected chi connectivity index (χ0v) is 12.3. The van der Waals surface area contributed by atoms with Gasteiger partial charge in [-0.3, -0.25) is 4.79 Å². The summed E-state index contributed by atoms with van der Waals surface area (Å²) in [6, 6.07) is 9.00. The lowest BCUT2D eigenvalue weighted by Gasteiger charge is -2.06. The molecule has 0 unspecified atom stereocenters. The lowest BCUT2D eigenvalue weighted by molar-refractivity contribution is 0.0696. The molecule has 0 aliphatic carbocycles. The van der Waals surface area contributed by atoms with Crippen LogP contribution in [0, 0.1) is 0 Å². The normalized spacial score (nSPS) is 10.1. The van der Waals surface area contributed by atoms with E-state index in [4.69, 9.17) is 16.7 Å². The van der Waals surface area contributed by atoms with Gasteiger partial charge in [0, 0.05) is 10.7 Å². The highest BCUT2D eigenvalue weighted by atomic mass is 79.9. The predicted octanol–water partition coefficient (Wildman–Crippen LogP) is 3.45. The molecule has 1 heterocycles. The molecule has 1 aromatic heterocycles. The number of carbonyl (C=O) groups excluding carboxylic acids is 1. The number of carbonyl (C=O) groups is 2. The number of anilines is 1. The maximum Gasteiger partial charge on any atom is 0.335 e. The van der Waals surface area contributed by atoms with Crippen LogP contribution in [0.5, 0.6) is 0 Å². The summed E-state index contributed by atoms with van der Waals surface area (Å²) in [6.07, 6.45) is 0. The van der Waals surface area contributed by atoms with Crippen LogP contribution < -0.4 is 5.32 Å². The second kappa shape index (κ2) is 6.02.